The summed E-state index contributed by atoms with van der Waals surface area (Å²) < 4.78 is 10.1. The highest BCUT2D eigenvalue weighted by atomic mass is 127. The predicted molar refractivity (Wildman–Crippen MR) is 75.4 cm³/mol. The molecule has 0 saturated carbocycles. The van der Waals surface area contributed by atoms with Gasteiger partial charge in [-0.25, -0.2) is 0 Å². The lowest BCUT2D eigenvalue weighted by atomic mass is 9.87. The summed E-state index contributed by atoms with van der Waals surface area (Å²) in [6.07, 6.45) is 7.94. The van der Waals surface area contributed by atoms with Crippen LogP contribution in [0.5, 0.6) is 0 Å². The van der Waals surface area contributed by atoms with Gasteiger partial charge in [-0.05, 0) is 13.0 Å². The van der Waals surface area contributed by atoms with E-state index in [0.29, 0.717) is 5.76 Å². The number of carbonyl (C=O) groups is 1. The summed E-state index contributed by atoms with van der Waals surface area (Å²) in [6.45, 7) is 5.98. The molecule has 0 saturated heterocycles. The quantitative estimate of drug-likeness (QED) is 0.732. The smallest absolute Gasteiger partial charge is 0.322 e. The van der Waals surface area contributed by atoms with Crippen molar-refractivity contribution in [2.45, 2.75) is 20.8 Å². The van der Waals surface area contributed by atoms with Crippen molar-refractivity contribution in [1.29, 1.82) is 0 Å². The molecule has 17 heavy (non-hydrogen) atoms. The third-order valence-corrected chi connectivity index (χ3v) is 3.14. The second kappa shape index (κ2) is 5.71. The third-order valence-electron chi connectivity index (χ3n) is 2.70. The number of hydrogen-bond donors (Lipinski definition) is 0. The standard InChI is InChI=1S/C13H17IO3/c1-9(12(15)17-14)10-8-13(2,3)7-5-6-11(10)16-4/h5-9H,1-4H3. The second-order valence-electron chi connectivity index (χ2n) is 4.63. The molecule has 0 heterocycles. The van der Waals surface area contributed by atoms with Crippen molar-refractivity contribution in [3.05, 3.63) is 35.6 Å². The average molecular weight is 348 g/mol. The monoisotopic (exact) mass is 348 g/mol. The minimum absolute atomic E-state index is 0.105. The lowest BCUT2D eigenvalue weighted by molar-refractivity contribution is -0.134. The Labute approximate surface area is 116 Å². The van der Waals surface area contributed by atoms with E-state index in [1.807, 2.05) is 25.2 Å². The molecule has 1 aliphatic carbocycles. The minimum Gasteiger partial charge on any atom is -0.496 e. The molecular weight excluding hydrogens is 331 g/mol. The van der Waals surface area contributed by atoms with E-state index in [0.717, 1.165) is 5.57 Å². The molecule has 0 fully saturated rings. The van der Waals surface area contributed by atoms with E-state index in [1.54, 1.807) is 30.1 Å². The van der Waals surface area contributed by atoms with E-state index < -0.39 is 0 Å². The number of halogens is 1. The number of methoxy groups -OCH3 is 1. The summed E-state index contributed by atoms with van der Waals surface area (Å²) in [4.78, 5) is 11.6. The molecule has 3 nitrogen and oxygen atoms in total. The van der Waals surface area contributed by atoms with Crippen molar-refractivity contribution < 1.29 is 12.6 Å². The summed E-state index contributed by atoms with van der Waals surface area (Å²) in [7, 11) is 1.61. The Hall–Kier alpha value is -0.780. The van der Waals surface area contributed by atoms with Crippen LogP contribution in [0.25, 0.3) is 0 Å². The summed E-state index contributed by atoms with van der Waals surface area (Å²) in [5, 5.41) is 0. The van der Waals surface area contributed by atoms with Crippen LogP contribution in [0.2, 0.25) is 0 Å². The first-order valence-corrected chi connectivity index (χ1v) is 6.28. The van der Waals surface area contributed by atoms with Gasteiger partial charge in [-0.3, -0.25) is 4.79 Å². The number of hydrogen-bond acceptors (Lipinski definition) is 3. The van der Waals surface area contributed by atoms with Crippen LogP contribution >= 0.6 is 23.0 Å². The zero-order valence-corrected chi connectivity index (χ0v) is 12.6. The van der Waals surface area contributed by atoms with Crippen LogP contribution in [-0.2, 0) is 12.6 Å². The van der Waals surface area contributed by atoms with Crippen molar-refractivity contribution in [2.24, 2.45) is 11.3 Å². The van der Waals surface area contributed by atoms with Gasteiger partial charge >= 0.3 is 5.97 Å². The molecule has 1 unspecified atom stereocenters. The topological polar surface area (TPSA) is 35.5 Å². The molecule has 0 aromatic rings. The normalized spacial score (nSPS) is 19.8. The number of ether oxygens (including phenoxy) is 1. The summed E-state index contributed by atoms with van der Waals surface area (Å²) in [5.41, 5.74) is 0.760. The maximum Gasteiger partial charge on any atom is 0.322 e. The molecule has 0 aromatic heterocycles. The molecule has 0 amide bonds. The van der Waals surface area contributed by atoms with E-state index in [-0.39, 0.29) is 17.3 Å². The van der Waals surface area contributed by atoms with Crippen molar-refractivity contribution in [2.75, 3.05) is 7.11 Å². The van der Waals surface area contributed by atoms with Gasteiger partial charge in [0.25, 0.3) is 0 Å². The first kappa shape index (κ1) is 14.3. The van der Waals surface area contributed by atoms with Gasteiger partial charge in [0, 0.05) is 11.0 Å². The summed E-state index contributed by atoms with van der Waals surface area (Å²) >= 11 is 1.61. The molecule has 1 aliphatic rings. The average Bonchev–Trinajstić information content (AvgIpc) is 2.45. The van der Waals surface area contributed by atoms with E-state index in [4.69, 9.17) is 7.80 Å². The fraction of sp³-hybridized carbons (Fsp3) is 0.462. The van der Waals surface area contributed by atoms with Gasteiger partial charge in [0.2, 0.25) is 0 Å². The maximum atomic E-state index is 11.6. The van der Waals surface area contributed by atoms with Gasteiger partial charge < -0.3 is 7.80 Å². The predicted octanol–water partition coefficient (Wildman–Crippen LogP) is 3.57. The Morgan fingerprint density at radius 2 is 2.12 bits per heavy atom. The SMILES string of the molecule is COC1=CC=CC(C)(C)C=C1C(C)C(=O)OI. The fourth-order valence-electron chi connectivity index (χ4n) is 1.72. The first-order valence-electron chi connectivity index (χ1n) is 5.40. The highest BCUT2D eigenvalue weighted by Crippen LogP contribution is 2.32. The lowest BCUT2D eigenvalue weighted by Gasteiger charge is -2.20. The highest BCUT2D eigenvalue weighted by Gasteiger charge is 2.26. The molecule has 0 aromatic carbocycles. The van der Waals surface area contributed by atoms with Crippen molar-refractivity contribution in [1.82, 2.24) is 0 Å². The summed E-state index contributed by atoms with van der Waals surface area (Å²) in [6, 6.07) is 0. The van der Waals surface area contributed by atoms with Crippen LogP contribution in [0.4, 0.5) is 0 Å². The van der Waals surface area contributed by atoms with E-state index in [2.05, 4.69) is 19.9 Å². The van der Waals surface area contributed by atoms with Gasteiger partial charge in [-0.2, -0.15) is 0 Å². The third kappa shape index (κ3) is 3.59. The second-order valence-corrected chi connectivity index (χ2v) is 5.07. The van der Waals surface area contributed by atoms with Gasteiger partial charge in [-0.1, -0.05) is 32.1 Å². The molecular formula is C13H17IO3. The Morgan fingerprint density at radius 3 is 2.65 bits per heavy atom. The van der Waals surface area contributed by atoms with E-state index >= 15 is 0 Å². The zero-order valence-electron chi connectivity index (χ0n) is 10.5. The largest absolute Gasteiger partial charge is 0.496 e. The Balaban J connectivity index is 3.15. The minimum atomic E-state index is -0.336. The molecule has 1 atom stereocenters. The Kier molecular flexibility index (Phi) is 4.80. The Morgan fingerprint density at radius 1 is 1.47 bits per heavy atom. The van der Waals surface area contributed by atoms with Crippen LogP contribution < -0.4 is 0 Å². The van der Waals surface area contributed by atoms with Crippen LogP contribution in [0.3, 0.4) is 0 Å². The highest BCUT2D eigenvalue weighted by molar-refractivity contribution is 14.1. The van der Waals surface area contributed by atoms with Crippen molar-refractivity contribution in [3.8, 4) is 0 Å². The zero-order chi connectivity index (χ0) is 13.1. The fourth-order valence-corrected chi connectivity index (χ4v) is 2.10. The van der Waals surface area contributed by atoms with Crippen molar-refractivity contribution >= 4 is 29.0 Å². The number of carbonyl (C=O) groups excluding carboxylic acids is 1. The molecule has 0 radical (unpaired) electrons. The van der Waals surface area contributed by atoms with Gasteiger partial charge in [-0.15, -0.1) is 0 Å². The molecule has 4 heteroatoms. The molecule has 0 bridgehead atoms. The number of allylic oxidation sites excluding steroid dienone is 5. The van der Waals surface area contributed by atoms with Crippen LogP contribution in [0.1, 0.15) is 20.8 Å². The van der Waals surface area contributed by atoms with Gasteiger partial charge in [0.1, 0.15) is 5.76 Å². The molecule has 0 aliphatic heterocycles. The van der Waals surface area contributed by atoms with Crippen LogP contribution in [-0.4, -0.2) is 13.1 Å². The lowest BCUT2D eigenvalue weighted by Crippen LogP contribution is -2.17. The summed E-state index contributed by atoms with van der Waals surface area (Å²) in [5.74, 6) is 0.107. The molecule has 0 N–H and O–H groups in total. The van der Waals surface area contributed by atoms with Crippen LogP contribution in [0.15, 0.2) is 35.6 Å². The van der Waals surface area contributed by atoms with Crippen LogP contribution in [0, 0.1) is 11.3 Å². The van der Waals surface area contributed by atoms with E-state index in [1.165, 1.54) is 0 Å². The number of rotatable bonds is 3. The molecule has 0 spiro atoms. The van der Waals surface area contributed by atoms with Gasteiger partial charge in [0.15, 0.2) is 23.0 Å². The van der Waals surface area contributed by atoms with Gasteiger partial charge in [0.05, 0.1) is 13.0 Å². The van der Waals surface area contributed by atoms with E-state index in [9.17, 15) is 4.79 Å². The maximum absolute atomic E-state index is 11.6. The first-order chi connectivity index (χ1) is 7.91. The molecule has 1 rings (SSSR count). The molecule has 94 valence electrons. The Bertz CT molecular complexity index is 391. The van der Waals surface area contributed by atoms with Crippen molar-refractivity contribution in [3.63, 3.8) is 0 Å².